The summed E-state index contributed by atoms with van der Waals surface area (Å²) in [6.07, 6.45) is -2.40. The number of imidazole rings is 1. The van der Waals surface area contributed by atoms with E-state index in [0.717, 1.165) is 0 Å². The fraction of sp³-hybridized carbons (Fsp3) is 0.526. The molecule has 0 aromatic carbocycles. The molecule has 8 N–H and O–H groups in total. The molecule has 0 saturated carbocycles. The van der Waals surface area contributed by atoms with Gasteiger partial charge in [-0.25, -0.2) is 9.78 Å². The Balaban J connectivity index is 1.22. The molecule has 2 fully saturated rings. The lowest BCUT2D eigenvalue weighted by Crippen LogP contribution is -2.29. The Morgan fingerprint density at radius 2 is 1.92 bits per heavy atom. The third-order valence-electron chi connectivity index (χ3n) is 6.16. The minimum atomic E-state index is -3.91. The summed E-state index contributed by atoms with van der Waals surface area (Å²) in [5.41, 5.74) is 10.2. The second-order valence-corrected chi connectivity index (χ2v) is 11.5. The summed E-state index contributed by atoms with van der Waals surface area (Å²) in [7, 11) is 0. The summed E-state index contributed by atoms with van der Waals surface area (Å²) >= 11 is 5.13. The number of ether oxygens (including phenoxy) is 2. The van der Waals surface area contributed by atoms with E-state index in [1.807, 2.05) is 0 Å². The monoisotopic (exact) mass is 572 g/mol. The van der Waals surface area contributed by atoms with E-state index < -0.39 is 61.4 Å². The van der Waals surface area contributed by atoms with E-state index in [0.29, 0.717) is 0 Å². The molecule has 2 aliphatic heterocycles. The standard InChI is InChI=1S/C19H25N8O9PS/c20-12-1-2-26(19(31)23-12)14-4-9(10(5-28)34-14)36-37(32,38)33-6-11-8(29)3-13(35-11)27-7-22-15-16(27)24-18(21)25-17(15)30/h1-2,7-11,13-14,28-29H,3-6H2,(H,32,38)(H2,20,23,31)(H3,21,24,25,30)/t8-,9-,10+,11+,13+,14+,37?/m0/s1. The predicted molar refractivity (Wildman–Crippen MR) is 133 cm³/mol. The van der Waals surface area contributed by atoms with Crippen molar-refractivity contribution in [3.05, 3.63) is 39.4 Å². The van der Waals surface area contributed by atoms with Crippen LogP contribution in [0.15, 0.2) is 28.2 Å². The molecule has 0 radical (unpaired) electrons. The molecule has 7 atom stereocenters. The molecule has 19 heteroatoms. The first kappa shape index (κ1) is 26.8. The third kappa shape index (κ3) is 5.35. The number of nitrogens with two attached hydrogens (primary N) is 2. The molecular weight excluding hydrogens is 547 g/mol. The van der Waals surface area contributed by atoms with Gasteiger partial charge in [0.05, 0.1) is 31.7 Å². The first-order valence-corrected chi connectivity index (χ1v) is 14.0. The van der Waals surface area contributed by atoms with Crippen LogP contribution in [0.3, 0.4) is 0 Å². The second-order valence-electron chi connectivity index (χ2n) is 8.71. The van der Waals surface area contributed by atoms with Gasteiger partial charge < -0.3 is 45.1 Å². The number of nitrogen functional groups attached to an aromatic ring is 2. The normalized spacial score (nSPS) is 29.1. The maximum absolute atomic E-state index is 12.1. The van der Waals surface area contributed by atoms with Crippen LogP contribution in [0.1, 0.15) is 25.3 Å². The summed E-state index contributed by atoms with van der Waals surface area (Å²) in [6.45, 7) is -4.70. The van der Waals surface area contributed by atoms with Crippen molar-refractivity contribution in [3.8, 4) is 0 Å². The molecule has 0 spiro atoms. The highest BCUT2D eigenvalue weighted by molar-refractivity contribution is 8.07. The van der Waals surface area contributed by atoms with Gasteiger partial charge >= 0.3 is 12.4 Å². The van der Waals surface area contributed by atoms with Gasteiger partial charge in [0, 0.05) is 19.0 Å². The Kier molecular flexibility index (Phi) is 7.33. The van der Waals surface area contributed by atoms with Crippen LogP contribution in [0, 0.1) is 0 Å². The number of aliphatic hydroxyl groups excluding tert-OH is 2. The minimum Gasteiger partial charge on any atom is -0.394 e. The van der Waals surface area contributed by atoms with Crippen molar-refractivity contribution in [2.75, 3.05) is 24.7 Å². The molecule has 2 saturated heterocycles. The van der Waals surface area contributed by atoms with Gasteiger partial charge in [-0.05, 0) is 17.9 Å². The number of nitrogens with one attached hydrogen (secondary N) is 1. The smallest absolute Gasteiger partial charge is 0.351 e. The number of hydrogen-bond donors (Lipinski definition) is 6. The molecule has 17 nitrogen and oxygen atoms in total. The molecular formula is C19H25N8O9PS. The van der Waals surface area contributed by atoms with Crippen molar-refractivity contribution in [2.45, 2.75) is 49.7 Å². The van der Waals surface area contributed by atoms with E-state index in [1.165, 1.54) is 27.7 Å². The molecule has 2 aliphatic rings. The minimum absolute atomic E-state index is 0.0452. The van der Waals surface area contributed by atoms with Gasteiger partial charge in [-0.1, -0.05) is 0 Å². The fourth-order valence-corrected chi connectivity index (χ4v) is 5.82. The van der Waals surface area contributed by atoms with Gasteiger partial charge in [0.1, 0.15) is 30.5 Å². The first-order valence-electron chi connectivity index (χ1n) is 11.4. The van der Waals surface area contributed by atoms with Crippen molar-refractivity contribution in [1.82, 2.24) is 29.1 Å². The van der Waals surface area contributed by atoms with Crippen molar-refractivity contribution in [1.29, 1.82) is 0 Å². The summed E-state index contributed by atoms with van der Waals surface area (Å²) in [5.74, 6) is -0.0542. The summed E-state index contributed by atoms with van der Waals surface area (Å²) in [4.78, 5) is 48.9. The van der Waals surface area contributed by atoms with Crippen molar-refractivity contribution in [3.63, 3.8) is 0 Å². The number of aliphatic hydroxyl groups is 2. The van der Waals surface area contributed by atoms with Gasteiger partial charge in [0.25, 0.3) is 5.56 Å². The third-order valence-corrected chi connectivity index (χ3v) is 7.74. The molecule has 0 amide bonds. The molecule has 0 aliphatic carbocycles. The maximum atomic E-state index is 12.1. The summed E-state index contributed by atoms with van der Waals surface area (Å²) in [6, 6.07) is 1.42. The quantitative estimate of drug-likeness (QED) is 0.161. The summed E-state index contributed by atoms with van der Waals surface area (Å²) < 4.78 is 25.2. The summed E-state index contributed by atoms with van der Waals surface area (Å²) in [5, 5.41) is 20.2. The lowest BCUT2D eigenvalue weighted by atomic mass is 10.2. The Morgan fingerprint density at radius 1 is 1.18 bits per heavy atom. The lowest BCUT2D eigenvalue weighted by molar-refractivity contribution is -0.0519. The van der Waals surface area contributed by atoms with Crippen molar-refractivity contribution in [2.24, 2.45) is 0 Å². The Bertz CT molecular complexity index is 1500. The molecule has 5 heterocycles. The Morgan fingerprint density at radius 3 is 2.66 bits per heavy atom. The molecule has 38 heavy (non-hydrogen) atoms. The zero-order valence-electron chi connectivity index (χ0n) is 19.6. The number of H-pyrrole nitrogens is 1. The van der Waals surface area contributed by atoms with Crippen molar-refractivity contribution < 1.29 is 33.6 Å². The van der Waals surface area contributed by atoms with Crippen LogP contribution in [-0.4, -0.2) is 81.8 Å². The number of fused-ring (bicyclic) bond motifs is 1. The number of rotatable bonds is 8. The average molecular weight is 572 g/mol. The van der Waals surface area contributed by atoms with Crippen LogP contribution in [0.2, 0.25) is 0 Å². The molecule has 206 valence electrons. The van der Waals surface area contributed by atoms with Crippen LogP contribution in [0.5, 0.6) is 0 Å². The largest absolute Gasteiger partial charge is 0.394 e. The number of aromatic amines is 1. The van der Waals surface area contributed by atoms with E-state index in [1.54, 1.807) is 0 Å². The van der Waals surface area contributed by atoms with Crippen LogP contribution >= 0.6 is 6.72 Å². The highest BCUT2D eigenvalue weighted by Crippen LogP contribution is 2.49. The second kappa shape index (κ2) is 10.4. The van der Waals surface area contributed by atoms with Gasteiger partial charge in [-0.2, -0.15) is 9.97 Å². The zero-order chi connectivity index (χ0) is 27.2. The SMILES string of the molecule is Nc1ccn([C@H]2C[C@H](OP(O)(=S)OC[C@H]3O[C@@H](n4cnc5c(=O)[nH]c(N)nc54)C[C@@H]3O)[C@@H](CO)O2)c(=O)n1. The number of hydrogen-bond acceptors (Lipinski definition) is 14. The first-order chi connectivity index (χ1) is 18.0. The van der Waals surface area contributed by atoms with Gasteiger partial charge in [-0.3, -0.25) is 18.9 Å². The Labute approximate surface area is 218 Å². The van der Waals surface area contributed by atoms with Crippen LogP contribution in [-0.2, 0) is 30.3 Å². The van der Waals surface area contributed by atoms with Gasteiger partial charge in [-0.15, -0.1) is 0 Å². The van der Waals surface area contributed by atoms with Crippen molar-refractivity contribution >= 4 is 41.5 Å². The highest BCUT2D eigenvalue weighted by atomic mass is 32.5. The average Bonchev–Trinajstić information content (AvgIpc) is 3.54. The van der Waals surface area contributed by atoms with Crippen LogP contribution in [0.25, 0.3) is 11.2 Å². The van der Waals surface area contributed by atoms with Gasteiger partial charge in [0.15, 0.2) is 11.2 Å². The molecule has 3 aromatic heterocycles. The molecule has 5 rings (SSSR count). The zero-order valence-corrected chi connectivity index (χ0v) is 21.3. The van der Waals surface area contributed by atoms with Gasteiger partial charge in [0.2, 0.25) is 5.95 Å². The predicted octanol–water partition coefficient (Wildman–Crippen LogP) is -1.91. The maximum Gasteiger partial charge on any atom is 0.351 e. The number of anilines is 2. The van der Waals surface area contributed by atoms with E-state index in [4.69, 9.17) is 41.8 Å². The van der Waals surface area contributed by atoms with E-state index in [2.05, 4.69) is 19.9 Å². The van der Waals surface area contributed by atoms with E-state index in [9.17, 15) is 24.7 Å². The lowest BCUT2D eigenvalue weighted by Gasteiger charge is -2.24. The molecule has 3 aromatic rings. The van der Waals surface area contributed by atoms with Crippen LogP contribution < -0.4 is 22.7 Å². The van der Waals surface area contributed by atoms with E-state index >= 15 is 0 Å². The molecule has 0 bridgehead atoms. The number of aromatic nitrogens is 6. The van der Waals surface area contributed by atoms with E-state index in [-0.39, 0.29) is 42.4 Å². The molecule has 1 unspecified atom stereocenters. The Hall–Kier alpha value is -2.80. The number of nitrogens with zero attached hydrogens (tertiary/aromatic N) is 5. The van der Waals surface area contributed by atoms with Crippen LogP contribution in [0.4, 0.5) is 11.8 Å². The topological polar surface area (TPSA) is 248 Å². The highest BCUT2D eigenvalue weighted by Gasteiger charge is 2.42. The fourth-order valence-electron chi connectivity index (χ4n) is 4.35.